The van der Waals surface area contributed by atoms with Crippen molar-refractivity contribution in [2.24, 2.45) is 17.8 Å². The van der Waals surface area contributed by atoms with Crippen molar-refractivity contribution in [2.75, 3.05) is 6.61 Å². The van der Waals surface area contributed by atoms with E-state index in [4.69, 9.17) is 5.11 Å². The Labute approximate surface area is 99.3 Å². The van der Waals surface area contributed by atoms with Gasteiger partial charge in [0.05, 0.1) is 6.61 Å². The van der Waals surface area contributed by atoms with Crippen molar-refractivity contribution in [3.05, 3.63) is 22.8 Å². The molecule has 16 heavy (non-hydrogen) atoms. The molecule has 1 nitrogen and oxygen atoms in total. The van der Waals surface area contributed by atoms with E-state index in [0.717, 1.165) is 17.4 Å². The van der Waals surface area contributed by atoms with Gasteiger partial charge < -0.3 is 5.11 Å². The maximum atomic E-state index is 9.14. The van der Waals surface area contributed by atoms with E-state index in [-0.39, 0.29) is 6.61 Å². The van der Waals surface area contributed by atoms with Gasteiger partial charge in [0.1, 0.15) is 0 Å². The number of allylic oxidation sites excluding steroid dienone is 3. The lowest BCUT2D eigenvalue weighted by Crippen LogP contribution is -2.23. The standard InChI is InChI=1S/C15H24O/c1-10(9-16)8-13-6-4-11(2)14-7-5-12(3)15(13)14/h8,11,13-14,16H,4-7,9H2,1-3H3/t11?,13-,14?/m0/s1. The number of hydrogen-bond acceptors (Lipinski definition) is 1. The van der Waals surface area contributed by atoms with Crippen LogP contribution in [-0.2, 0) is 0 Å². The van der Waals surface area contributed by atoms with E-state index in [1.807, 2.05) is 6.92 Å². The predicted molar refractivity (Wildman–Crippen MR) is 68.2 cm³/mol. The van der Waals surface area contributed by atoms with E-state index >= 15 is 0 Å². The van der Waals surface area contributed by atoms with Crippen LogP contribution < -0.4 is 0 Å². The minimum Gasteiger partial charge on any atom is -0.392 e. The highest BCUT2D eigenvalue weighted by Crippen LogP contribution is 2.48. The zero-order valence-electron chi connectivity index (χ0n) is 10.8. The van der Waals surface area contributed by atoms with Crippen LogP contribution in [0.5, 0.6) is 0 Å². The third-order valence-electron chi connectivity index (χ3n) is 4.48. The summed E-state index contributed by atoms with van der Waals surface area (Å²) in [4.78, 5) is 0. The summed E-state index contributed by atoms with van der Waals surface area (Å²) in [5, 5.41) is 9.14. The second-order valence-corrected chi connectivity index (χ2v) is 5.71. The molecule has 0 saturated heterocycles. The molecule has 0 radical (unpaired) electrons. The molecule has 0 spiro atoms. The molecule has 2 unspecified atom stereocenters. The summed E-state index contributed by atoms with van der Waals surface area (Å²) in [7, 11) is 0. The Morgan fingerprint density at radius 1 is 1.38 bits per heavy atom. The Kier molecular flexibility index (Phi) is 3.53. The quantitative estimate of drug-likeness (QED) is 0.704. The smallest absolute Gasteiger partial charge is 0.0639 e. The van der Waals surface area contributed by atoms with Gasteiger partial charge >= 0.3 is 0 Å². The highest BCUT2D eigenvalue weighted by atomic mass is 16.3. The molecule has 0 aromatic rings. The van der Waals surface area contributed by atoms with Crippen LogP contribution in [0.2, 0.25) is 0 Å². The molecule has 2 aliphatic carbocycles. The molecule has 1 heteroatoms. The van der Waals surface area contributed by atoms with Crippen LogP contribution in [0.25, 0.3) is 0 Å². The summed E-state index contributed by atoms with van der Waals surface area (Å²) < 4.78 is 0. The van der Waals surface area contributed by atoms with Gasteiger partial charge in [-0.3, -0.25) is 0 Å². The number of aliphatic hydroxyl groups excluding tert-OH is 1. The fraction of sp³-hybridized carbons (Fsp3) is 0.733. The van der Waals surface area contributed by atoms with Gasteiger partial charge in [0.15, 0.2) is 0 Å². The van der Waals surface area contributed by atoms with E-state index in [9.17, 15) is 0 Å². The molecule has 1 fully saturated rings. The Balaban J connectivity index is 2.24. The van der Waals surface area contributed by atoms with Gasteiger partial charge in [-0.2, -0.15) is 0 Å². The van der Waals surface area contributed by atoms with Crippen LogP contribution >= 0.6 is 0 Å². The first kappa shape index (κ1) is 11.9. The lowest BCUT2D eigenvalue weighted by Gasteiger charge is -2.34. The highest BCUT2D eigenvalue weighted by molar-refractivity contribution is 5.30. The van der Waals surface area contributed by atoms with Crippen LogP contribution in [0, 0.1) is 17.8 Å². The van der Waals surface area contributed by atoms with Crippen LogP contribution in [0.1, 0.15) is 46.5 Å². The fourth-order valence-corrected chi connectivity index (χ4v) is 3.54. The lowest BCUT2D eigenvalue weighted by molar-refractivity contribution is 0.296. The molecule has 0 bridgehead atoms. The van der Waals surface area contributed by atoms with E-state index in [0.29, 0.717) is 5.92 Å². The maximum Gasteiger partial charge on any atom is 0.0639 e. The molecule has 2 rings (SSSR count). The van der Waals surface area contributed by atoms with Crippen LogP contribution in [-0.4, -0.2) is 11.7 Å². The van der Waals surface area contributed by atoms with Gasteiger partial charge in [-0.15, -0.1) is 0 Å². The molecule has 1 N–H and O–H groups in total. The number of aliphatic hydroxyl groups is 1. The fourth-order valence-electron chi connectivity index (χ4n) is 3.54. The second kappa shape index (κ2) is 4.75. The maximum absolute atomic E-state index is 9.14. The van der Waals surface area contributed by atoms with E-state index in [1.54, 1.807) is 11.1 Å². The van der Waals surface area contributed by atoms with Gasteiger partial charge in [0, 0.05) is 0 Å². The molecular weight excluding hydrogens is 196 g/mol. The second-order valence-electron chi connectivity index (χ2n) is 5.71. The molecule has 0 aromatic heterocycles. The third kappa shape index (κ3) is 2.10. The number of fused-ring (bicyclic) bond motifs is 1. The van der Waals surface area contributed by atoms with Crippen molar-refractivity contribution in [2.45, 2.75) is 46.5 Å². The number of hydrogen-bond donors (Lipinski definition) is 1. The summed E-state index contributed by atoms with van der Waals surface area (Å²) >= 11 is 0. The van der Waals surface area contributed by atoms with Gasteiger partial charge in [-0.05, 0) is 57.3 Å². The Morgan fingerprint density at radius 2 is 2.12 bits per heavy atom. The largest absolute Gasteiger partial charge is 0.392 e. The Hall–Kier alpha value is -0.560. The summed E-state index contributed by atoms with van der Waals surface area (Å²) in [5.74, 6) is 2.32. The SMILES string of the molecule is CC(=C[C@@H]1CCC(C)C2CCC(C)=C21)CO. The van der Waals surface area contributed by atoms with Crippen LogP contribution in [0.15, 0.2) is 22.8 Å². The summed E-state index contributed by atoms with van der Waals surface area (Å²) in [6, 6.07) is 0. The molecule has 3 atom stereocenters. The van der Waals surface area contributed by atoms with Gasteiger partial charge in [-0.1, -0.05) is 29.7 Å². The van der Waals surface area contributed by atoms with Crippen molar-refractivity contribution in [1.29, 1.82) is 0 Å². The molecule has 0 heterocycles. The van der Waals surface area contributed by atoms with Gasteiger partial charge in [0.25, 0.3) is 0 Å². The first-order chi connectivity index (χ1) is 7.63. The van der Waals surface area contributed by atoms with E-state index in [2.05, 4.69) is 19.9 Å². The van der Waals surface area contributed by atoms with Gasteiger partial charge in [0.2, 0.25) is 0 Å². The first-order valence-corrected chi connectivity index (χ1v) is 6.61. The minimum atomic E-state index is 0.211. The highest BCUT2D eigenvalue weighted by Gasteiger charge is 2.35. The molecule has 90 valence electrons. The molecule has 0 amide bonds. The molecule has 0 aromatic carbocycles. The predicted octanol–water partition coefficient (Wildman–Crippen LogP) is 3.70. The average Bonchev–Trinajstić information content (AvgIpc) is 2.66. The first-order valence-electron chi connectivity index (χ1n) is 6.61. The molecule has 1 saturated carbocycles. The average molecular weight is 220 g/mol. The molecule has 2 aliphatic rings. The summed E-state index contributed by atoms with van der Waals surface area (Å²) in [6.45, 7) is 6.96. The van der Waals surface area contributed by atoms with Crippen molar-refractivity contribution in [3.63, 3.8) is 0 Å². The topological polar surface area (TPSA) is 20.2 Å². The van der Waals surface area contributed by atoms with Crippen molar-refractivity contribution < 1.29 is 5.11 Å². The van der Waals surface area contributed by atoms with Gasteiger partial charge in [-0.25, -0.2) is 0 Å². The minimum absolute atomic E-state index is 0.211. The van der Waals surface area contributed by atoms with Crippen molar-refractivity contribution >= 4 is 0 Å². The Morgan fingerprint density at radius 3 is 2.81 bits per heavy atom. The zero-order chi connectivity index (χ0) is 11.7. The summed E-state index contributed by atoms with van der Waals surface area (Å²) in [5.41, 5.74) is 4.47. The zero-order valence-corrected chi connectivity index (χ0v) is 10.8. The lowest BCUT2D eigenvalue weighted by atomic mass is 9.71. The van der Waals surface area contributed by atoms with Crippen molar-refractivity contribution in [3.8, 4) is 0 Å². The molecule has 0 aliphatic heterocycles. The molecular formula is C15H24O. The van der Waals surface area contributed by atoms with Crippen LogP contribution in [0.3, 0.4) is 0 Å². The third-order valence-corrected chi connectivity index (χ3v) is 4.48. The number of rotatable bonds is 2. The van der Waals surface area contributed by atoms with E-state index < -0.39 is 0 Å². The van der Waals surface area contributed by atoms with Crippen LogP contribution in [0.4, 0.5) is 0 Å². The summed E-state index contributed by atoms with van der Waals surface area (Å²) in [6.07, 6.45) is 7.60. The van der Waals surface area contributed by atoms with Crippen molar-refractivity contribution in [1.82, 2.24) is 0 Å². The van der Waals surface area contributed by atoms with E-state index in [1.165, 1.54) is 25.7 Å². The monoisotopic (exact) mass is 220 g/mol. The Bertz CT molecular complexity index is 324. The normalized spacial score (nSPS) is 35.5.